The molecule has 0 aliphatic heterocycles. The Morgan fingerprint density at radius 1 is 1.15 bits per heavy atom. The van der Waals surface area contributed by atoms with Gasteiger partial charge in [0.25, 0.3) is 0 Å². The number of hydrogen-bond acceptors (Lipinski definition) is 5. The Morgan fingerprint density at radius 2 is 1.97 bits per heavy atom. The summed E-state index contributed by atoms with van der Waals surface area (Å²) in [6.45, 7) is 9.38. The van der Waals surface area contributed by atoms with Gasteiger partial charge in [-0.2, -0.15) is 0 Å². The molecule has 1 aliphatic rings. The second-order valence-corrected chi connectivity index (χ2v) is 8.37. The largest absolute Gasteiger partial charge is 0.383 e. The Balaban J connectivity index is 1.45. The van der Waals surface area contributed by atoms with Crippen LogP contribution in [0.3, 0.4) is 0 Å². The molecule has 0 bridgehead atoms. The Morgan fingerprint density at radius 3 is 2.73 bits per heavy atom. The highest BCUT2D eigenvalue weighted by atomic mass is 16.2. The van der Waals surface area contributed by atoms with E-state index in [0.29, 0.717) is 23.9 Å². The predicted octanol–water partition coefficient (Wildman–Crippen LogP) is 4.74. The summed E-state index contributed by atoms with van der Waals surface area (Å²) in [5.74, 6) is 0.801. The maximum Gasteiger partial charge on any atom is 0.229 e. The molecule has 7 nitrogen and oxygen atoms in total. The van der Waals surface area contributed by atoms with Crippen LogP contribution >= 0.6 is 0 Å². The van der Waals surface area contributed by atoms with Crippen LogP contribution in [0, 0.1) is 25.3 Å². The fourth-order valence-electron chi connectivity index (χ4n) is 4.08. The summed E-state index contributed by atoms with van der Waals surface area (Å²) in [5.41, 5.74) is 10.8. The van der Waals surface area contributed by atoms with Crippen molar-refractivity contribution in [1.29, 1.82) is 0 Å². The number of hydrogen-bond donors (Lipinski definition) is 2. The van der Waals surface area contributed by atoms with Gasteiger partial charge in [0.15, 0.2) is 0 Å². The van der Waals surface area contributed by atoms with Gasteiger partial charge in [-0.05, 0) is 42.5 Å². The van der Waals surface area contributed by atoms with Crippen molar-refractivity contribution in [1.82, 2.24) is 15.0 Å². The molecule has 3 heterocycles. The van der Waals surface area contributed by atoms with Gasteiger partial charge in [-0.25, -0.2) is 16.5 Å². The Hall–Kier alpha value is -4.31. The summed E-state index contributed by atoms with van der Waals surface area (Å²) in [5, 5.41) is 4.43. The standard InChI is InChI=1S/C26H22N6O/c1-15-8-22(16-6-4-3-5-7-16)29-13-20(15)23-10-17-11-24(30-14-21(17)25(27)31-23)32-26(33)19-9-18(19)12-28-2/h3-8,10-11,13-14,18-19H,9,12H2,1H3,(H2,27,31)(H,30,32,33)/t18-,19+/m0/s1. The third-order valence-electron chi connectivity index (χ3n) is 6.04. The van der Waals surface area contributed by atoms with Crippen LogP contribution in [-0.4, -0.2) is 27.4 Å². The molecule has 3 N–H and O–H groups in total. The molecule has 162 valence electrons. The van der Waals surface area contributed by atoms with Crippen LogP contribution in [0.25, 0.3) is 38.1 Å². The van der Waals surface area contributed by atoms with E-state index in [1.165, 1.54) is 0 Å². The monoisotopic (exact) mass is 434 g/mol. The minimum absolute atomic E-state index is 0.0886. The minimum atomic E-state index is -0.105. The molecule has 0 saturated heterocycles. The van der Waals surface area contributed by atoms with Gasteiger partial charge in [-0.3, -0.25) is 9.78 Å². The highest BCUT2D eigenvalue weighted by Gasteiger charge is 2.45. The van der Waals surface area contributed by atoms with Crippen molar-refractivity contribution in [3.63, 3.8) is 0 Å². The first-order valence-electron chi connectivity index (χ1n) is 10.8. The zero-order valence-corrected chi connectivity index (χ0v) is 18.1. The first-order chi connectivity index (χ1) is 16.0. The second kappa shape index (κ2) is 8.32. The van der Waals surface area contributed by atoms with Crippen molar-refractivity contribution in [3.05, 3.63) is 77.9 Å². The molecule has 0 unspecified atom stereocenters. The van der Waals surface area contributed by atoms with Crippen molar-refractivity contribution in [2.45, 2.75) is 13.3 Å². The number of fused-ring (bicyclic) bond motifs is 1. The van der Waals surface area contributed by atoms with Crippen LogP contribution in [0.1, 0.15) is 12.0 Å². The highest BCUT2D eigenvalue weighted by Crippen LogP contribution is 2.39. The van der Waals surface area contributed by atoms with Gasteiger partial charge < -0.3 is 15.9 Å². The van der Waals surface area contributed by atoms with Gasteiger partial charge in [0, 0.05) is 40.7 Å². The van der Waals surface area contributed by atoms with Crippen LogP contribution in [-0.2, 0) is 4.79 Å². The van der Waals surface area contributed by atoms with E-state index in [9.17, 15) is 4.79 Å². The predicted molar refractivity (Wildman–Crippen MR) is 129 cm³/mol. The smallest absolute Gasteiger partial charge is 0.229 e. The molecule has 7 heteroatoms. The Labute approximate surface area is 191 Å². The lowest BCUT2D eigenvalue weighted by Gasteiger charge is -2.11. The van der Waals surface area contributed by atoms with E-state index in [-0.39, 0.29) is 17.7 Å². The zero-order valence-electron chi connectivity index (χ0n) is 18.1. The first kappa shape index (κ1) is 20.6. The normalized spacial score (nSPS) is 16.8. The summed E-state index contributed by atoms with van der Waals surface area (Å²) in [4.78, 5) is 29.4. The van der Waals surface area contributed by atoms with E-state index in [4.69, 9.17) is 12.3 Å². The van der Waals surface area contributed by atoms with E-state index in [0.717, 1.165) is 39.6 Å². The summed E-state index contributed by atoms with van der Waals surface area (Å²) < 4.78 is 0. The average Bonchev–Trinajstić information content (AvgIpc) is 3.59. The zero-order chi connectivity index (χ0) is 22.9. The van der Waals surface area contributed by atoms with Gasteiger partial charge in [-0.1, -0.05) is 30.3 Å². The van der Waals surface area contributed by atoms with Crippen LogP contribution in [0.5, 0.6) is 0 Å². The Kier molecular flexibility index (Phi) is 5.19. The minimum Gasteiger partial charge on any atom is -0.383 e. The number of nitrogen functional groups attached to an aromatic ring is 1. The van der Waals surface area contributed by atoms with Crippen molar-refractivity contribution in [2.75, 3.05) is 17.6 Å². The van der Waals surface area contributed by atoms with Gasteiger partial charge in [0.1, 0.15) is 11.6 Å². The number of nitrogens with two attached hydrogens (primary N) is 1. The van der Waals surface area contributed by atoms with E-state index in [1.54, 1.807) is 6.20 Å². The van der Waals surface area contributed by atoms with Crippen LogP contribution in [0.15, 0.2) is 60.9 Å². The molecule has 1 amide bonds. The number of carbonyl (C=O) groups is 1. The molecule has 1 fully saturated rings. The van der Waals surface area contributed by atoms with E-state index < -0.39 is 0 Å². The summed E-state index contributed by atoms with van der Waals surface area (Å²) >= 11 is 0. The van der Waals surface area contributed by atoms with Crippen molar-refractivity contribution in [2.24, 2.45) is 11.8 Å². The molecule has 5 rings (SSSR count). The number of rotatable bonds is 5. The van der Waals surface area contributed by atoms with Crippen LogP contribution in [0.4, 0.5) is 11.6 Å². The van der Waals surface area contributed by atoms with Gasteiger partial charge in [0.05, 0.1) is 11.4 Å². The number of carbonyl (C=O) groups excluding carboxylic acids is 1. The molecular formula is C26H22N6O. The fraction of sp³-hybridized carbons (Fsp3) is 0.192. The highest BCUT2D eigenvalue weighted by molar-refractivity contribution is 5.98. The number of anilines is 2. The molecule has 1 saturated carbocycles. The number of pyridine rings is 3. The molecular weight excluding hydrogens is 412 g/mol. The molecule has 2 atom stereocenters. The van der Waals surface area contributed by atoms with E-state index in [1.807, 2.05) is 61.7 Å². The molecule has 33 heavy (non-hydrogen) atoms. The maximum absolute atomic E-state index is 12.4. The molecule has 4 aromatic rings. The summed E-state index contributed by atoms with van der Waals surface area (Å²) in [6, 6.07) is 15.8. The number of aryl methyl sites for hydroxylation is 1. The van der Waals surface area contributed by atoms with Gasteiger partial charge >= 0.3 is 0 Å². The average molecular weight is 435 g/mol. The summed E-state index contributed by atoms with van der Waals surface area (Å²) in [7, 11) is 0. The van der Waals surface area contributed by atoms with Crippen LogP contribution < -0.4 is 11.1 Å². The quantitative estimate of drug-likeness (QED) is 0.442. The van der Waals surface area contributed by atoms with Crippen LogP contribution in [0.2, 0.25) is 0 Å². The molecule has 1 aromatic carbocycles. The van der Waals surface area contributed by atoms with E-state index >= 15 is 0 Å². The van der Waals surface area contributed by atoms with E-state index in [2.05, 4.69) is 25.1 Å². The van der Waals surface area contributed by atoms with Gasteiger partial charge in [-0.15, -0.1) is 0 Å². The molecule has 3 aromatic heterocycles. The Bertz CT molecular complexity index is 1410. The fourth-order valence-corrected chi connectivity index (χ4v) is 4.08. The number of aromatic nitrogens is 3. The maximum atomic E-state index is 12.4. The number of benzene rings is 1. The van der Waals surface area contributed by atoms with Crippen molar-refractivity contribution >= 4 is 28.3 Å². The summed E-state index contributed by atoms with van der Waals surface area (Å²) in [6.07, 6.45) is 4.21. The van der Waals surface area contributed by atoms with Crippen molar-refractivity contribution in [3.8, 4) is 22.5 Å². The third-order valence-corrected chi connectivity index (χ3v) is 6.04. The number of nitrogens with one attached hydrogen (secondary N) is 1. The number of nitrogens with zero attached hydrogens (tertiary/aromatic N) is 4. The molecule has 0 radical (unpaired) electrons. The lowest BCUT2D eigenvalue weighted by molar-refractivity contribution is -0.117. The van der Waals surface area contributed by atoms with Gasteiger partial charge in [0.2, 0.25) is 12.5 Å². The van der Waals surface area contributed by atoms with Crippen molar-refractivity contribution < 1.29 is 4.79 Å². The SMILES string of the molecule is [C-]#[N+]C[C@@H]1C[C@H]1C(=O)Nc1cc2cc(-c3cnc(-c4ccccc4)cc3C)nc(N)c2cn1. The third kappa shape index (κ3) is 4.11. The topological polar surface area (TPSA) is 98.2 Å². The number of amides is 1. The molecule has 0 spiro atoms. The molecule has 1 aliphatic carbocycles. The first-order valence-corrected chi connectivity index (χ1v) is 10.8. The lowest BCUT2D eigenvalue weighted by Crippen LogP contribution is -2.16. The lowest BCUT2D eigenvalue weighted by atomic mass is 10.0. The second-order valence-electron chi connectivity index (χ2n) is 8.37.